The normalized spacial score (nSPS) is 12.4. The zero-order valence-electron chi connectivity index (χ0n) is 16.9. The van der Waals surface area contributed by atoms with E-state index < -0.39 is 0 Å². The highest BCUT2D eigenvalue weighted by molar-refractivity contribution is 5.95. The van der Waals surface area contributed by atoms with Gasteiger partial charge in [-0.05, 0) is 58.5 Å². The third-order valence-corrected chi connectivity index (χ3v) is 6.50. The van der Waals surface area contributed by atoms with Crippen molar-refractivity contribution >= 4 is 21.7 Å². The molecule has 2 aromatic heterocycles. The fraction of sp³-hybridized carbons (Fsp3) is 0.0345. The predicted octanol–water partition coefficient (Wildman–Crippen LogP) is 7.61. The Morgan fingerprint density at radius 3 is 2.39 bits per heavy atom. The molecule has 1 aliphatic rings. The fourth-order valence-corrected chi connectivity index (χ4v) is 5.02. The summed E-state index contributed by atoms with van der Waals surface area (Å²) in [4.78, 5) is 0. The van der Waals surface area contributed by atoms with E-state index >= 15 is 0 Å². The SMILES string of the molecule is c1ccc2c(c1)Cc1ccc(-c3cc4ccccc4n3-c3occ4ccccc34)cc1-2. The second-order valence-corrected chi connectivity index (χ2v) is 8.26. The van der Waals surface area contributed by atoms with Gasteiger partial charge in [0.15, 0.2) is 0 Å². The number of benzene rings is 4. The van der Waals surface area contributed by atoms with Crippen LogP contribution in [0.1, 0.15) is 11.1 Å². The van der Waals surface area contributed by atoms with Crippen LogP contribution in [0.2, 0.25) is 0 Å². The molecular formula is C29H19NO. The summed E-state index contributed by atoms with van der Waals surface area (Å²) in [5.74, 6) is 0.868. The summed E-state index contributed by atoms with van der Waals surface area (Å²) in [6, 6.07) is 34.8. The van der Waals surface area contributed by atoms with Gasteiger partial charge in [0.25, 0.3) is 0 Å². The van der Waals surface area contributed by atoms with Crippen LogP contribution in [-0.4, -0.2) is 4.57 Å². The molecule has 0 bridgehead atoms. The van der Waals surface area contributed by atoms with E-state index in [1.54, 1.807) is 0 Å². The minimum absolute atomic E-state index is 0.868. The van der Waals surface area contributed by atoms with Gasteiger partial charge in [-0.3, -0.25) is 4.57 Å². The van der Waals surface area contributed by atoms with E-state index in [-0.39, 0.29) is 0 Å². The lowest BCUT2D eigenvalue weighted by atomic mass is 10.0. The number of furan rings is 1. The number of hydrogen-bond donors (Lipinski definition) is 0. The molecule has 31 heavy (non-hydrogen) atoms. The fourth-order valence-electron chi connectivity index (χ4n) is 5.02. The molecule has 0 fully saturated rings. The maximum absolute atomic E-state index is 6.14. The molecule has 0 amide bonds. The second kappa shape index (κ2) is 6.23. The Hall–Kier alpha value is -4.04. The third kappa shape index (κ3) is 2.39. The van der Waals surface area contributed by atoms with E-state index in [9.17, 15) is 0 Å². The minimum Gasteiger partial charge on any atom is -0.447 e. The highest BCUT2D eigenvalue weighted by atomic mass is 16.3. The van der Waals surface area contributed by atoms with E-state index in [4.69, 9.17) is 4.42 Å². The highest BCUT2D eigenvalue weighted by Crippen LogP contribution is 2.41. The van der Waals surface area contributed by atoms with Crippen LogP contribution in [-0.2, 0) is 6.42 Å². The van der Waals surface area contributed by atoms with Gasteiger partial charge >= 0.3 is 0 Å². The zero-order chi connectivity index (χ0) is 20.4. The summed E-state index contributed by atoms with van der Waals surface area (Å²) in [6.07, 6.45) is 2.86. The first-order chi connectivity index (χ1) is 15.4. The van der Waals surface area contributed by atoms with Crippen molar-refractivity contribution in [2.45, 2.75) is 6.42 Å². The molecule has 0 unspecified atom stereocenters. The molecule has 0 saturated carbocycles. The van der Waals surface area contributed by atoms with Crippen LogP contribution in [0.4, 0.5) is 0 Å². The van der Waals surface area contributed by atoms with Crippen LogP contribution < -0.4 is 0 Å². The van der Waals surface area contributed by atoms with E-state index in [2.05, 4.69) is 95.6 Å². The molecule has 7 rings (SSSR count). The van der Waals surface area contributed by atoms with Gasteiger partial charge in [0.2, 0.25) is 5.88 Å². The summed E-state index contributed by atoms with van der Waals surface area (Å²) in [6.45, 7) is 0. The molecule has 0 atom stereocenters. The molecule has 6 aromatic rings. The third-order valence-electron chi connectivity index (χ3n) is 6.50. The molecular weight excluding hydrogens is 378 g/mol. The Bertz CT molecular complexity index is 1620. The van der Waals surface area contributed by atoms with Gasteiger partial charge in [-0.2, -0.15) is 0 Å². The Morgan fingerprint density at radius 2 is 1.42 bits per heavy atom. The minimum atomic E-state index is 0.868. The molecule has 0 radical (unpaired) electrons. The molecule has 2 heteroatoms. The Kier molecular flexibility index (Phi) is 3.36. The first kappa shape index (κ1) is 16.7. The Balaban J connectivity index is 1.52. The summed E-state index contributed by atoms with van der Waals surface area (Å²) in [5.41, 5.74) is 9.00. The molecule has 0 N–H and O–H groups in total. The molecule has 2 nitrogen and oxygen atoms in total. The summed E-state index contributed by atoms with van der Waals surface area (Å²) in [5, 5.41) is 3.44. The van der Waals surface area contributed by atoms with E-state index in [0.29, 0.717) is 0 Å². The predicted molar refractivity (Wildman–Crippen MR) is 127 cm³/mol. The highest BCUT2D eigenvalue weighted by Gasteiger charge is 2.21. The van der Waals surface area contributed by atoms with Crippen LogP contribution in [0, 0.1) is 0 Å². The van der Waals surface area contributed by atoms with Crippen molar-refractivity contribution in [1.29, 1.82) is 0 Å². The summed E-state index contributed by atoms with van der Waals surface area (Å²) in [7, 11) is 0. The van der Waals surface area contributed by atoms with Gasteiger partial charge in [-0.1, -0.05) is 72.8 Å². The van der Waals surface area contributed by atoms with Crippen molar-refractivity contribution in [2.75, 3.05) is 0 Å². The smallest absolute Gasteiger partial charge is 0.212 e. The molecule has 0 saturated heterocycles. The maximum atomic E-state index is 6.14. The first-order valence-corrected chi connectivity index (χ1v) is 10.7. The van der Waals surface area contributed by atoms with Crippen molar-refractivity contribution < 1.29 is 4.42 Å². The summed E-state index contributed by atoms with van der Waals surface area (Å²) < 4.78 is 8.41. The largest absolute Gasteiger partial charge is 0.447 e. The topological polar surface area (TPSA) is 18.1 Å². The van der Waals surface area contributed by atoms with Crippen LogP contribution in [0.15, 0.2) is 108 Å². The molecule has 0 spiro atoms. The number of hydrogen-bond acceptors (Lipinski definition) is 1. The lowest BCUT2D eigenvalue weighted by Crippen LogP contribution is -1.96. The Labute approximate surface area is 180 Å². The summed E-state index contributed by atoms with van der Waals surface area (Å²) >= 11 is 0. The van der Waals surface area contributed by atoms with Crippen LogP contribution in [0.3, 0.4) is 0 Å². The molecule has 146 valence electrons. The number of aromatic nitrogens is 1. The average Bonchev–Trinajstić information content (AvgIpc) is 3.51. The van der Waals surface area contributed by atoms with E-state index in [0.717, 1.165) is 34.3 Å². The van der Waals surface area contributed by atoms with Crippen molar-refractivity contribution in [1.82, 2.24) is 4.57 Å². The van der Waals surface area contributed by atoms with E-state index in [1.807, 2.05) is 12.3 Å². The molecule has 4 aromatic carbocycles. The van der Waals surface area contributed by atoms with Crippen LogP contribution in [0.25, 0.3) is 49.9 Å². The molecule has 1 aliphatic carbocycles. The van der Waals surface area contributed by atoms with Crippen molar-refractivity contribution in [2.24, 2.45) is 0 Å². The average molecular weight is 397 g/mol. The lowest BCUT2D eigenvalue weighted by molar-refractivity contribution is 0.549. The Morgan fingerprint density at radius 1 is 0.645 bits per heavy atom. The number of rotatable bonds is 2. The van der Waals surface area contributed by atoms with Crippen molar-refractivity contribution in [3.63, 3.8) is 0 Å². The maximum Gasteiger partial charge on any atom is 0.212 e. The van der Waals surface area contributed by atoms with Crippen LogP contribution >= 0.6 is 0 Å². The number of nitrogens with zero attached hydrogens (tertiary/aromatic N) is 1. The van der Waals surface area contributed by atoms with Gasteiger partial charge in [0.05, 0.1) is 11.2 Å². The molecule has 0 aliphatic heterocycles. The number of para-hydroxylation sites is 1. The monoisotopic (exact) mass is 397 g/mol. The second-order valence-electron chi connectivity index (χ2n) is 8.26. The van der Waals surface area contributed by atoms with Gasteiger partial charge in [0.1, 0.15) is 6.26 Å². The van der Waals surface area contributed by atoms with Gasteiger partial charge in [0, 0.05) is 16.2 Å². The first-order valence-electron chi connectivity index (χ1n) is 10.7. The zero-order valence-corrected chi connectivity index (χ0v) is 16.9. The van der Waals surface area contributed by atoms with Crippen molar-refractivity contribution in [3.8, 4) is 28.3 Å². The van der Waals surface area contributed by atoms with E-state index in [1.165, 1.54) is 33.2 Å². The lowest BCUT2D eigenvalue weighted by Gasteiger charge is -2.11. The van der Waals surface area contributed by atoms with Crippen molar-refractivity contribution in [3.05, 3.63) is 114 Å². The standard InChI is InChI=1S/C29H19NO/c1-4-10-24-19(7-1)15-20-13-14-22(16-26(20)24)28-17-21-8-3-6-12-27(21)30(28)29-25-11-5-2-9-23(25)18-31-29/h1-14,16-18H,15H2. The molecule has 2 heterocycles. The quantitative estimate of drug-likeness (QED) is 0.293. The van der Waals surface area contributed by atoms with Gasteiger partial charge in [-0.15, -0.1) is 0 Å². The van der Waals surface area contributed by atoms with Gasteiger partial charge in [-0.25, -0.2) is 0 Å². The van der Waals surface area contributed by atoms with Crippen LogP contribution in [0.5, 0.6) is 0 Å². The number of fused-ring (bicyclic) bond motifs is 5. The van der Waals surface area contributed by atoms with Gasteiger partial charge < -0.3 is 4.42 Å².